The monoisotopic (exact) mass is 554 g/mol. The number of halogens is 1. The SMILES string of the molecule is COc1cc(C=NNC(=O)CN2CCN(S(=O)(=O)c3ccc(Br)cc3)CC2)cc(OC)c1OC. The van der Waals surface area contributed by atoms with E-state index in [2.05, 4.69) is 26.5 Å². The van der Waals surface area contributed by atoms with Gasteiger partial charge in [0.15, 0.2) is 11.5 Å². The van der Waals surface area contributed by atoms with Crippen molar-refractivity contribution in [2.24, 2.45) is 5.10 Å². The van der Waals surface area contributed by atoms with E-state index in [9.17, 15) is 13.2 Å². The van der Waals surface area contributed by atoms with Gasteiger partial charge in [-0.1, -0.05) is 15.9 Å². The number of hydrazone groups is 1. The van der Waals surface area contributed by atoms with Crippen LogP contribution in [0.5, 0.6) is 17.2 Å². The van der Waals surface area contributed by atoms with Crippen LogP contribution in [-0.4, -0.2) is 83.8 Å². The Kier molecular flexibility index (Phi) is 8.89. The molecule has 1 amide bonds. The first-order valence-corrected chi connectivity index (χ1v) is 12.6. The van der Waals surface area contributed by atoms with Crippen LogP contribution in [0.25, 0.3) is 0 Å². The summed E-state index contributed by atoms with van der Waals surface area (Å²) in [4.78, 5) is 14.4. The first kappa shape index (κ1) is 25.9. The van der Waals surface area contributed by atoms with Crippen molar-refractivity contribution >= 4 is 38.1 Å². The van der Waals surface area contributed by atoms with Gasteiger partial charge in [0.25, 0.3) is 5.91 Å². The summed E-state index contributed by atoms with van der Waals surface area (Å²) in [6, 6.07) is 9.97. The van der Waals surface area contributed by atoms with E-state index in [1.165, 1.54) is 31.8 Å². The first-order valence-electron chi connectivity index (χ1n) is 10.4. The number of nitrogens with one attached hydrogen (secondary N) is 1. The highest BCUT2D eigenvalue weighted by molar-refractivity contribution is 9.10. The summed E-state index contributed by atoms with van der Waals surface area (Å²) in [7, 11) is 0.994. The Morgan fingerprint density at radius 1 is 1.03 bits per heavy atom. The molecular weight excluding hydrogens is 528 g/mol. The highest BCUT2D eigenvalue weighted by Crippen LogP contribution is 2.37. The molecule has 1 N–H and O–H groups in total. The molecular formula is C22H27BrN4O6S. The number of piperazine rings is 1. The highest BCUT2D eigenvalue weighted by Gasteiger charge is 2.29. The minimum Gasteiger partial charge on any atom is -0.493 e. The molecule has 12 heteroatoms. The van der Waals surface area contributed by atoms with E-state index in [0.717, 1.165) is 4.47 Å². The van der Waals surface area contributed by atoms with Crippen molar-refractivity contribution in [1.82, 2.24) is 14.6 Å². The molecule has 0 unspecified atom stereocenters. The number of hydrogen-bond donors (Lipinski definition) is 1. The summed E-state index contributed by atoms with van der Waals surface area (Å²) in [5.41, 5.74) is 3.15. The fourth-order valence-corrected chi connectivity index (χ4v) is 5.16. The maximum Gasteiger partial charge on any atom is 0.254 e. The van der Waals surface area contributed by atoms with E-state index >= 15 is 0 Å². The van der Waals surface area contributed by atoms with Crippen LogP contribution in [0.1, 0.15) is 5.56 Å². The van der Waals surface area contributed by atoms with Crippen molar-refractivity contribution in [3.8, 4) is 17.2 Å². The highest BCUT2D eigenvalue weighted by atomic mass is 79.9. The van der Waals surface area contributed by atoms with Crippen molar-refractivity contribution in [1.29, 1.82) is 0 Å². The molecule has 0 aliphatic carbocycles. The molecule has 1 heterocycles. The Balaban J connectivity index is 1.52. The maximum absolute atomic E-state index is 12.8. The van der Waals surface area contributed by atoms with Gasteiger partial charge in [-0.2, -0.15) is 9.41 Å². The van der Waals surface area contributed by atoms with Crippen LogP contribution in [0.3, 0.4) is 0 Å². The fraction of sp³-hybridized carbons (Fsp3) is 0.364. The Labute approximate surface area is 207 Å². The normalized spacial score (nSPS) is 15.3. The lowest BCUT2D eigenvalue weighted by atomic mass is 10.2. The molecule has 3 rings (SSSR count). The van der Waals surface area contributed by atoms with Crippen LogP contribution in [0, 0.1) is 0 Å². The zero-order valence-corrected chi connectivity index (χ0v) is 21.6. The number of methoxy groups -OCH3 is 3. The van der Waals surface area contributed by atoms with Crippen molar-refractivity contribution in [3.05, 3.63) is 46.4 Å². The predicted molar refractivity (Wildman–Crippen MR) is 131 cm³/mol. The van der Waals surface area contributed by atoms with Crippen molar-refractivity contribution < 1.29 is 27.4 Å². The van der Waals surface area contributed by atoms with Crippen molar-refractivity contribution in [2.45, 2.75) is 4.90 Å². The number of sulfonamides is 1. The maximum atomic E-state index is 12.8. The lowest BCUT2D eigenvalue weighted by molar-refractivity contribution is -0.122. The topological polar surface area (TPSA) is 110 Å². The molecule has 1 fully saturated rings. The first-order chi connectivity index (χ1) is 16.3. The summed E-state index contributed by atoms with van der Waals surface area (Å²) < 4.78 is 43.8. The van der Waals surface area contributed by atoms with Crippen LogP contribution in [0.4, 0.5) is 0 Å². The van der Waals surface area contributed by atoms with Gasteiger partial charge in [-0.3, -0.25) is 9.69 Å². The number of hydrogen-bond acceptors (Lipinski definition) is 8. The number of nitrogens with zero attached hydrogens (tertiary/aromatic N) is 3. The van der Waals surface area contributed by atoms with E-state index < -0.39 is 10.0 Å². The van der Waals surface area contributed by atoms with Gasteiger partial charge in [0.1, 0.15) is 0 Å². The molecule has 0 saturated carbocycles. The fourth-order valence-electron chi connectivity index (χ4n) is 3.48. The summed E-state index contributed by atoms with van der Waals surface area (Å²) in [5.74, 6) is 1.12. The molecule has 34 heavy (non-hydrogen) atoms. The third-order valence-corrected chi connectivity index (χ3v) is 7.68. The van der Waals surface area contributed by atoms with E-state index in [1.807, 2.05) is 4.90 Å². The molecule has 0 bridgehead atoms. The standard InChI is InChI=1S/C22H27BrN4O6S/c1-31-19-12-16(13-20(32-2)22(19)33-3)14-24-25-21(28)15-26-8-10-27(11-9-26)34(29,30)18-6-4-17(23)5-7-18/h4-7,12-14H,8-11,15H2,1-3H3,(H,25,28). The van der Waals surface area contributed by atoms with Crippen LogP contribution < -0.4 is 19.6 Å². The zero-order valence-electron chi connectivity index (χ0n) is 19.2. The number of amides is 1. The van der Waals surface area contributed by atoms with E-state index in [-0.39, 0.29) is 17.3 Å². The molecule has 2 aromatic rings. The lowest BCUT2D eigenvalue weighted by Crippen LogP contribution is -2.50. The van der Waals surface area contributed by atoms with Crippen LogP contribution in [-0.2, 0) is 14.8 Å². The Morgan fingerprint density at radius 3 is 2.15 bits per heavy atom. The third-order valence-electron chi connectivity index (χ3n) is 5.24. The summed E-state index contributed by atoms with van der Waals surface area (Å²) in [6.45, 7) is 1.61. The van der Waals surface area contributed by atoms with Gasteiger partial charge in [-0.25, -0.2) is 13.8 Å². The summed E-state index contributed by atoms with van der Waals surface area (Å²) in [6.07, 6.45) is 1.48. The third kappa shape index (κ3) is 6.26. The minimum atomic E-state index is -3.56. The largest absolute Gasteiger partial charge is 0.493 e. The Hall–Kier alpha value is -2.67. The molecule has 0 atom stereocenters. The quantitative estimate of drug-likeness (QED) is 0.372. The average molecular weight is 555 g/mol. The van der Waals surface area contributed by atoms with Gasteiger partial charge >= 0.3 is 0 Å². The molecule has 1 aliphatic heterocycles. The lowest BCUT2D eigenvalue weighted by Gasteiger charge is -2.33. The smallest absolute Gasteiger partial charge is 0.254 e. The van der Waals surface area contributed by atoms with Crippen LogP contribution in [0.2, 0.25) is 0 Å². The second-order valence-electron chi connectivity index (χ2n) is 7.39. The van der Waals surface area contributed by atoms with E-state index in [0.29, 0.717) is 49.0 Å². The zero-order chi connectivity index (χ0) is 24.7. The minimum absolute atomic E-state index is 0.110. The number of rotatable bonds is 9. The molecule has 0 spiro atoms. The molecule has 1 saturated heterocycles. The van der Waals surface area contributed by atoms with Gasteiger partial charge in [-0.05, 0) is 36.4 Å². The number of ether oxygens (including phenoxy) is 3. The number of carbonyl (C=O) groups is 1. The van der Waals surface area contributed by atoms with Gasteiger partial charge in [0.2, 0.25) is 15.8 Å². The van der Waals surface area contributed by atoms with E-state index in [1.54, 1.807) is 36.4 Å². The van der Waals surface area contributed by atoms with Crippen LogP contribution >= 0.6 is 15.9 Å². The molecule has 2 aromatic carbocycles. The molecule has 184 valence electrons. The Bertz CT molecular complexity index is 1110. The van der Waals surface area contributed by atoms with E-state index in [4.69, 9.17) is 14.2 Å². The molecule has 1 aliphatic rings. The van der Waals surface area contributed by atoms with Gasteiger partial charge in [-0.15, -0.1) is 0 Å². The number of carbonyl (C=O) groups excluding carboxylic acids is 1. The Morgan fingerprint density at radius 2 is 1.62 bits per heavy atom. The second-order valence-corrected chi connectivity index (χ2v) is 10.2. The average Bonchev–Trinajstić information content (AvgIpc) is 2.84. The van der Waals surface area contributed by atoms with Gasteiger partial charge in [0, 0.05) is 36.2 Å². The van der Waals surface area contributed by atoms with Gasteiger partial charge in [0.05, 0.1) is 39.0 Å². The molecule has 10 nitrogen and oxygen atoms in total. The number of benzene rings is 2. The molecule has 0 radical (unpaired) electrons. The summed E-state index contributed by atoms with van der Waals surface area (Å²) >= 11 is 3.31. The summed E-state index contributed by atoms with van der Waals surface area (Å²) in [5, 5.41) is 4.00. The molecule has 0 aromatic heterocycles. The van der Waals surface area contributed by atoms with Crippen molar-refractivity contribution in [3.63, 3.8) is 0 Å². The second kappa shape index (κ2) is 11.6. The van der Waals surface area contributed by atoms with Crippen LogP contribution in [0.15, 0.2) is 50.9 Å². The van der Waals surface area contributed by atoms with Gasteiger partial charge < -0.3 is 14.2 Å². The van der Waals surface area contributed by atoms with Crippen molar-refractivity contribution in [2.75, 3.05) is 54.1 Å². The predicted octanol–water partition coefficient (Wildman–Crippen LogP) is 1.93.